The molecule has 5 nitrogen and oxygen atoms in total. The van der Waals surface area contributed by atoms with E-state index in [-0.39, 0.29) is 16.7 Å². The van der Waals surface area contributed by atoms with Crippen LogP contribution < -0.4 is 10.6 Å². The van der Waals surface area contributed by atoms with Crippen LogP contribution in [0, 0.1) is 5.41 Å². The van der Waals surface area contributed by atoms with Gasteiger partial charge < -0.3 is 10.6 Å². The number of anilines is 1. The summed E-state index contributed by atoms with van der Waals surface area (Å²) in [7, 11) is 0. The van der Waals surface area contributed by atoms with E-state index >= 15 is 0 Å². The topological polar surface area (TPSA) is 69.8 Å². The maximum absolute atomic E-state index is 12.4. The van der Waals surface area contributed by atoms with Gasteiger partial charge in [-0.15, -0.1) is 0 Å². The van der Waals surface area contributed by atoms with Crippen LogP contribution in [0.1, 0.15) is 46.2 Å². The van der Waals surface area contributed by atoms with Crippen LogP contribution in [0.5, 0.6) is 0 Å². The Morgan fingerprint density at radius 1 is 1.37 bits per heavy atom. The summed E-state index contributed by atoms with van der Waals surface area (Å²) < 4.78 is 0. The molecule has 2 rings (SSSR count). The van der Waals surface area contributed by atoms with Crippen molar-refractivity contribution in [1.29, 1.82) is 0 Å². The Balaban J connectivity index is 2.04. The van der Waals surface area contributed by atoms with Crippen LogP contribution in [-0.4, -0.2) is 29.2 Å². The summed E-state index contributed by atoms with van der Waals surface area (Å²) in [5, 5.41) is 13.4. The normalized spacial score (nSPS) is 19.2. The third kappa shape index (κ3) is 3.15. The molecule has 1 amide bonds. The van der Waals surface area contributed by atoms with E-state index in [1.165, 1.54) is 0 Å². The van der Waals surface area contributed by atoms with Gasteiger partial charge in [-0.2, -0.15) is 5.10 Å². The van der Waals surface area contributed by atoms with Crippen LogP contribution in [0.25, 0.3) is 0 Å². The largest absolute Gasteiger partial charge is 0.317 e. The van der Waals surface area contributed by atoms with Gasteiger partial charge in [-0.25, -0.2) is 0 Å². The quantitative estimate of drug-likeness (QED) is 0.765. The number of aromatic nitrogens is 2. The average molecular weight is 264 g/mol. The van der Waals surface area contributed by atoms with Gasteiger partial charge in [0.1, 0.15) is 0 Å². The number of aromatic amines is 1. The zero-order chi connectivity index (χ0) is 14.1. The van der Waals surface area contributed by atoms with Gasteiger partial charge in [0.15, 0.2) is 5.82 Å². The summed E-state index contributed by atoms with van der Waals surface area (Å²) in [6, 6.07) is 1.92. The fraction of sp³-hybridized carbons (Fsp3) is 0.714. The van der Waals surface area contributed by atoms with Crippen LogP contribution in [0.3, 0.4) is 0 Å². The van der Waals surface area contributed by atoms with Crippen molar-refractivity contribution in [3.05, 3.63) is 11.8 Å². The fourth-order valence-electron chi connectivity index (χ4n) is 2.24. The molecule has 1 aliphatic heterocycles. The lowest BCUT2D eigenvalue weighted by atomic mass is 9.80. The van der Waals surface area contributed by atoms with Gasteiger partial charge >= 0.3 is 0 Å². The first kappa shape index (κ1) is 14.1. The minimum absolute atomic E-state index is 0.00857. The first-order valence-corrected chi connectivity index (χ1v) is 6.89. The molecule has 0 atom stereocenters. The number of hydrogen-bond acceptors (Lipinski definition) is 3. The number of carbonyl (C=O) groups excluding carboxylic acids is 1. The summed E-state index contributed by atoms with van der Waals surface area (Å²) in [4.78, 5) is 12.4. The molecule has 0 saturated carbocycles. The maximum atomic E-state index is 12.4. The second-order valence-electron chi connectivity index (χ2n) is 6.68. The molecule has 0 spiro atoms. The molecular weight excluding hydrogens is 240 g/mol. The first-order valence-electron chi connectivity index (χ1n) is 6.89. The number of nitrogens with zero attached hydrogens (tertiary/aromatic N) is 1. The monoisotopic (exact) mass is 264 g/mol. The average Bonchev–Trinajstić information content (AvgIpc) is 2.78. The van der Waals surface area contributed by atoms with Crippen LogP contribution in [-0.2, 0) is 10.2 Å². The molecule has 1 fully saturated rings. The molecule has 2 heterocycles. The maximum Gasteiger partial charge on any atom is 0.231 e. The molecule has 1 aromatic rings. The van der Waals surface area contributed by atoms with E-state index in [9.17, 15) is 4.79 Å². The Labute approximate surface area is 114 Å². The molecule has 0 aromatic carbocycles. The van der Waals surface area contributed by atoms with E-state index in [4.69, 9.17) is 0 Å². The molecule has 1 aromatic heterocycles. The summed E-state index contributed by atoms with van der Waals surface area (Å²) >= 11 is 0. The molecule has 0 radical (unpaired) electrons. The van der Waals surface area contributed by atoms with E-state index in [0.29, 0.717) is 5.82 Å². The highest BCUT2D eigenvalue weighted by Crippen LogP contribution is 2.30. The van der Waals surface area contributed by atoms with Crippen molar-refractivity contribution in [2.75, 3.05) is 18.4 Å². The van der Waals surface area contributed by atoms with E-state index in [2.05, 4.69) is 41.6 Å². The molecule has 3 N–H and O–H groups in total. The highest BCUT2D eigenvalue weighted by Gasteiger charge is 2.34. The third-order valence-corrected chi connectivity index (χ3v) is 3.88. The van der Waals surface area contributed by atoms with Gasteiger partial charge in [0, 0.05) is 22.6 Å². The van der Waals surface area contributed by atoms with Crippen molar-refractivity contribution in [1.82, 2.24) is 15.5 Å². The number of nitrogens with one attached hydrogen (secondary N) is 3. The minimum atomic E-state index is -0.286. The Morgan fingerprint density at radius 3 is 2.53 bits per heavy atom. The summed E-state index contributed by atoms with van der Waals surface area (Å²) in [5.41, 5.74) is 0.749. The van der Waals surface area contributed by atoms with E-state index < -0.39 is 0 Å². The molecule has 1 aliphatic rings. The molecule has 0 unspecified atom stereocenters. The second-order valence-corrected chi connectivity index (χ2v) is 6.68. The van der Waals surface area contributed by atoms with E-state index in [0.717, 1.165) is 31.6 Å². The Kier molecular flexibility index (Phi) is 3.67. The number of piperidine rings is 1. The predicted molar refractivity (Wildman–Crippen MR) is 76.1 cm³/mol. The third-order valence-electron chi connectivity index (χ3n) is 3.88. The molecule has 19 heavy (non-hydrogen) atoms. The van der Waals surface area contributed by atoms with Crippen molar-refractivity contribution in [3.63, 3.8) is 0 Å². The summed E-state index contributed by atoms with van der Waals surface area (Å²) in [6.07, 6.45) is 1.74. The zero-order valence-corrected chi connectivity index (χ0v) is 12.3. The SMILES string of the molecule is CC1(C(=O)Nc2cc(C(C)(C)C)[nH]n2)CCNCC1. The van der Waals surface area contributed by atoms with Crippen LogP contribution >= 0.6 is 0 Å². The van der Waals surface area contributed by atoms with Gasteiger partial charge in [0.25, 0.3) is 0 Å². The van der Waals surface area contributed by atoms with E-state index in [1.54, 1.807) is 0 Å². The standard InChI is InChI=1S/C14H24N4O/c1-13(2,3)10-9-11(18-17-10)16-12(19)14(4)5-7-15-8-6-14/h9,15H,5-8H2,1-4H3,(H2,16,17,18,19). The molecular formula is C14H24N4O. The smallest absolute Gasteiger partial charge is 0.231 e. The summed E-state index contributed by atoms with van der Waals surface area (Å²) in [6.45, 7) is 10.2. The number of rotatable bonds is 2. The fourth-order valence-corrected chi connectivity index (χ4v) is 2.24. The Morgan fingerprint density at radius 2 is 2.00 bits per heavy atom. The zero-order valence-electron chi connectivity index (χ0n) is 12.3. The number of H-pyrrole nitrogens is 1. The van der Waals surface area contributed by atoms with Crippen molar-refractivity contribution in [2.24, 2.45) is 5.41 Å². The first-order chi connectivity index (χ1) is 8.81. The van der Waals surface area contributed by atoms with Gasteiger partial charge in [-0.3, -0.25) is 9.89 Å². The number of amides is 1. The van der Waals surface area contributed by atoms with Gasteiger partial charge in [-0.05, 0) is 25.9 Å². The molecule has 0 aliphatic carbocycles. The Bertz CT molecular complexity index is 452. The van der Waals surface area contributed by atoms with Crippen molar-refractivity contribution in [3.8, 4) is 0 Å². The van der Waals surface area contributed by atoms with Crippen LogP contribution in [0.2, 0.25) is 0 Å². The van der Waals surface area contributed by atoms with Crippen molar-refractivity contribution < 1.29 is 4.79 Å². The lowest BCUT2D eigenvalue weighted by Crippen LogP contribution is -2.42. The van der Waals surface area contributed by atoms with Crippen LogP contribution in [0.4, 0.5) is 5.82 Å². The molecule has 106 valence electrons. The van der Waals surface area contributed by atoms with E-state index in [1.807, 2.05) is 13.0 Å². The van der Waals surface area contributed by atoms with Crippen molar-refractivity contribution in [2.45, 2.75) is 46.0 Å². The van der Waals surface area contributed by atoms with Gasteiger partial charge in [0.05, 0.1) is 0 Å². The molecule has 5 heteroatoms. The van der Waals surface area contributed by atoms with Crippen LogP contribution in [0.15, 0.2) is 6.07 Å². The number of hydrogen-bond donors (Lipinski definition) is 3. The summed E-state index contributed by atoms with van der Waals surface area (Å²) in [5.74, 6) is 0.690. The Hall–Kier alpha value is -1.36. The highest BCUT2D eigenvalue weighted by atomic mass is 16.2. The van der Waals surface area contributed by atoms with Crippen molar-refractivity contribution >= 4 is 11.7 Å². The van der Waals surface area contributed by atoms with Gasteiger partial charge in [-0.1, -0.05) is 27.7 Å². The number of carbonyl (C=O) groups is 1. The molecule has 0 bridgehead atoms. The predicted octanol–water partition coefficient (Wildman–Crippen LogP) is 2.04. The lowest BCUT2D eigenvalue weighted by Gasteiger charge is -2.32. The minimum Gasteiger partial charge on any atom is -0.317 e. The lowest BCUT2D eigenvalue weighted by molar-refractivity contribution is -0.126. The highest BCUT2D eigenvalue weighted by molar-refractivity contribution is 5.94. The molecule has 1 saturated heterocycles. The second kappa shape index (κ2) is 4.96. The van der Waals surface area contributed by atoms with Gasteiger partial charge in [0.2, 0.25) is 5.91 Å².